The van der Waals surface area contributed by atoms with Gasteiger partial charge < -0.3 is 20.2 Å². The fourth-order valence-electron chi connectivity index (χ4n) is 4.43. The number of hydrogen-bond donors (Lipinski definition) is 4. The van der Waals surface area contributed by atoms with Gasteiger partial charge in [-0.25, -0.2) is 0 Å². The summed E-state index contributed by atoms with van der Waals surface area (Å²) in [5.41, 5.74) is 5.20. The Morgan fingerprint density at radius 1 is 1.10 bits per heavy atom. The second-order valence-corrected chi connectivity index (χ2v) is 12.0. The van der Waals surface area contributed by atoms with Crippen molar-refractivity contribution >= 4 is 48.9 Å². The fraction of sp³-hybridized carbons (Fsp3) is 0.222. The smallest absolute Gasteiger partial charge is 0.300 e. The largest absolute Gasteiger partial charge is 0.453 e. The van der Waals surface area contributed by atoms with Crippen LogP contribution in [-0.2, 0) is 25.0 Å². The van der Waals surface area contributed by atoms with Crippen LogP contribution in [0, 0.1) is 5.41 Å². The number of ether oxygens (including phenoxy) is 1. The van der Waals surface area contributed by atoms with Crippen LogP contribution in [0.5, 0.6) is 5.75 Å². The summed E-state index contributed by atoms with van der Waals surface area (Å²) in [7, 11) is -8.66. The van der Waals surface area contributed by atoms with Crippen molar-refractivity contribution in [3.05, 3.63) is 82.0 Å². The van der Waals surface area contributed by atoms with Crippen LogP contribution >= 0.6 is 0 Å². The average Bonchev–Trinajstić information content (AvgIpc) is 2.87. The third-order valence-corrected chi connectivity index (χ3v) is 8.16. The molecule has 0 unspecified atom stereocenters. The van der Waals surface area contributed by atoms with Crippen molar-refractivity contribution in [2.75, 3.05) is 19.3 Å². The van der Waals surface area contributed by atoms with E-state index in [4.69, 9.17) is 15.9 Å². The molecule has 0 bridgehead atoms. The van der Waals surface area contributed by atoms with Gasteiger partial charge in [0, 0.05) is 42.3 Å². The van der Waals surface area contributed by atoms with Crippen molar-refractivity contribution < 1.29 is 40.3 Å². The molecule has 0 atom stereocenters. The van der Waals surface area contributed by atoms with Crippen LogP contribution in [0.3, 0.4) is 0 Å². The molecular weight excluding hydrogens is 574 g/mol. The second-order valence-electron chi connectivity index (χ2n) is 9.27. The van der Waals surface area contributed by atoms with Crippen LogP contribution in [0.4, 0.5) is 5.69 Å². The molecule has 0 spiro atoms. The Labute approximate surface area is 237 Å². The molecule has 2 aromatic rings. The van der Waals surface area contributed by atoms with E-state index in [1.54, 1.807) is 19.2 Å². The number of nitrogen functional groups attached to an aromatic ring is 1. The van der Waals surface area contributed by atoms with Gasteiger partial charge in [-0.15, -0.1) is 0 Å². The highest BCUT2D eigenvalue weighted by atomic mass is 32.2. The maximum Gasteiger partial charge on any atom is 0.300 e. The number of carbonyl (C=O) groups excluding carboxylic acids is 2. The van der Waals surface area contributed by atoms with E-state index in [0.717, 1.165) is 6.08 Å². The van der Waals surface area contributed by atoms with Crippen LogP contribution in [0.1, 0.15) is 48.2 Å². The fourth-order valence-corrected chi connectivity index (χ4v) is 5.97. The van der Waals surface area contributed by atoms with E-state index in [1.165, 1.54) is 43.0 Å². The average molecular weight is 604 g/mol. The topological polar surface area (TPSA) is 205 Å². The highest BCUT2D eigenvalue weighted by Crippen LogP contribution is 2.47. The molecule has 0 saturated heterocycles. The molecule has 1 heterocycles. The molecule has 1 amide bonds. The van der Waals surface area contributed by atoms with Crippen LogP contribution in [0.15, 0.2) is 70.2 Å². The highest BCUT2D eigenvalue weighted by molar-refractivity contribution is 7.91. The Bertz CT molecular complexity index is 1760. The van der Waals surface area contributed by atoms with Crippen molar-refractivity contribution in [1.29, 1.82) is 5.41 Å². The predicted octanol–water partition coefficient (Wildman–Crippen LogP) is 3.48. The lowest BCUT2D eigenvalue weighted by atomic mass is 9.87. The number of amides is 1. The lowest BCUT2D eigenvalue weighted by molar-refractivity contribution is -0.117. The molecule has 3 rings (SSSR count). The number of allylic oxidation sites excluding steroid dienone is 3. The monoisotopic (exact) mass is 603 g/mol. The first-order valence-electron chi connectivity index (χ1n) is 12.1. The number of fused-ring (bicyclic) bond motifs is 1. The lowest BCUT2D eigenvalue weighted by Crippen LogP contribution is -2.29. The van der Waals surface area contributed by atoms with Crippen molar-refractivity contribution in [2.24, 2.45) is 0 Å². The zero-order chi connectivity index (χ0) is 30.9. The van der Waals surface area contributed by atoms with Gasteiger partial charge in [-0.3, -0.25) is 19.3 Å². The number of ketones is 1. The van der Waals surface area contributed by atoms with Gasteiger partial charge in [0.15, 0.2) is 21.3 Å². The van der Waals surface area contributed by atoms with Crippen LogP contribution in [0.2, 0.25) is 0 Å². The predicted molar refractivity (Wildman–Crippen MR) is 153 cm³/mol. The van der Waals surface area contributed by atoms with E-state index in [1.807, 2.05) is 0 Å². The number of rotatable bonds is 10. The molecule has 14 heteroatoms. The minimum Gasteiger partial charge on any atom is -0.453 e. The van der Waals surface area contributed by atoms with E-state index in [-0.39, 0.29) is 46.6 Å². The Morgan fingerprint density at radius 2 is 1.73 bits per heavy atom. The molecule has 5 N–H and O–H groups in total. The van der Waals surface area contributed by atoms with Crippen molar-refractivity contribution in [1.82, 2.24) is 4.90 Å². The molecule has 1 aliphatic heterocycles. The summed E-state index contributed by atoms with van der Waals surface area (Å²) < 4.78 is 75.3. The van der Waals surface area contributed by atoms with E-state index >= 15 is 0 Å². The molecule has 2 aromatic carbocycles. The van der Waals surface area contributed by atoms with Crippen LogP contribution in [-0.4, -0.2) is 61.8 Å². The molecular formula is C27H29N3O9S2. The molecule has 0 fully saturated rings. The first kappa shape index (κ1) is 31.4. The summed E-state index contributed by atoms with van der Waals surface area (Å²) >= 11 is 0. The van der Waals surface area contributed by atoms with E-state index in [9.17, 15) is 35.5 Å². The minimum atomic E-state index is -5.15. The van der Waals surface area contributed by atoms with E-state index < -0.39 is 58.9 Å². The number of nitrogens with two attached hydrogens (primary N) is 1. The van der Waals surface area contributed by atoms with Gasteiger partial charge in [0.1, 0.15) is 5.78 Å². The van der Waals surface area contributed by atoms with Gasteiger partial charge in [0.25, 0.3) is 26.1 Å². The third-order valence-electron chi connectivity index (χ3n) is 6.30. The van der Waals surface area contributed by atoms with Crippen LogP contribution < -0.4 is 10.5 Å². The first-order valence-corrected chi connectivity index (χ1v) is 15.0. The number of anilines is 1. The molecule has 0 aliphatic carbocycles. The number of benzene rings is 2. The van der Waals surface area contributed by atoms with Gasteiger partial charge in [-0.2, -0.15) is 16.8 Å². The first-order chi connectivity index (χ1) is 19.0. The number of nitrogens with zero attached hydrogens (tertiary/aromatic N) is 1. The number of nitrogens with one attached hydrogen (secondary N) is 1. The molecule has 218 valence electrons. The number of hydrogen-bond acceptors (Lipinski definition) is 9. The van der Waals surface area contributed by atoms with E-state index in [2.05, 4.69) is 6.58 Å². The maximum absolute atomic E-state index is 13.5. The molecule has 0 aromatic heterocycles. The third kappa shape index (κ3) is 6.46. The normalized spacial score (nSPS) is 14.6. The molecule has 1 aliphatic rings. The summed E-state index contributed by atoms with van der Waals surface area (Å²) in [4.78, 5) is 24.4. The van der Waals surface area contributed by atoms with Crippen LogP contribution in [0.25, 0.3) is 5.57 Å². The van der Waals surface area contributed by atoms with Crippen molar-refractivity contribution in [3.8, 4) is 5.75 Å². The molecule has 41 heavy (non-hydrogen) atoms. The number of carbonyl (C=O) groups is 2. The van der Waals surface area contributed by atoms with Gasteiger partial charge >= 0.3 is 0 Å². The zero-order valence-corrected chi connectivity index (χ0v) is 24.1. The lowest BCUT2D eigenvalue weighted by Gasteiger charge is -2.29. The second kappa shape index (κ2) is 11.8. The SMILES string of the molecule is C=CC(=N)/C(=C1/Oc2c(ccc(N)c2S(=O)(=O)O)C(c2ccccc2C(=O)N(C)CCCC(C)=O)=C1C)S(=O)(=O)O. The molecule has 0 saturated carbocycles. The Morgan fingerprint density at radius 3 is 2.29 bits per heavy atom. The van der Waals surface area contributed by atoms with Gasteiger partial charge in [-0.1, -0.05) is 24.8 Å². The van der Waals surface area contributed by atoms with Gasteiger partial charge in [0.2, 0.25) is 0 Å². The number of Topliss-reactive ketones (excluding diaryl/α,β-unsaturated/α-hetero) is 1. The van der Waals surface area contributed by atoms with E-state index in [0.29, 0.717) is 6.42 Å². The molecule has 12 nitrogen and oxygen atoms in total. The maximum atomic E-state index is 13.5. The Hall–Kier alpha value is -4.11. The molecule has 0 radical (unpaired) electrons. The summed E-state index contributed by atoms with van der Waals surface area (Å²) in [6.45, 7) is 6.46. The summed E-state index contributed by atoms with van der Waals surface area (Å²) in [6.07, 6.45) is 1.53. The van der Waals surface area contributed by atoms with Crippen molar-refractivity contribution in [3.63, 3.8) is 0 Å². The standard InChI is InChI=1S/C27H29N3O9S2/c1-5-20(28)25(40(33,34)35)23-16(3)22(19-12-13-21(29)26(24(19)39-23)41(36,37)38)17-10-6-7-11-18(17)27(32)30(4)14-8-9-15(2)31/h5-7,10-13,28H,1,8-9,14,29H2,2-4H3,(H,33,34,35)(H,36,37,38)/b25-23-,28-20?. The van der Waals surface area contributed by atoms with Gasteiger partial charge in [0.05, 0.1) is 11.4 Å². The summed E-state index contributed by atoms with van der Waals surface area (Å²) in [5.74, 6) is -1.69. The Kier molecular flexibility index (Phi) is 9.03. The zero-order valence-electron chi connectivity index (χ0n) is 22.5. The summed E-state index contributed by atoms with van der Waals surface area (Å²) in [5, 5.41) is 8.12. The minimum absolute atomic E-state index is 0.0160. The Balaban J connectivity index is 2.45. The van der Waals surface area contributed by atoms with Gasteiger partial charge in [-0.05, 0) is 50.1 Å². The highest BCUT2D eigenvalue weighted by Gasteiger charge is 2.36. The van der Waals surface area contributed by atoms with Crippen molar-refractivity contribution in [2.45, 2.75) is 31.6 Å². The quantitative estimate of drug-likeness (QED) is 0.177. The summed E-state index contributed by atoms with van der Waals surface area (Å²) in [6, 6.07) is 8.81.